The summed E-state index contributed by atoms with van der Waals surface area (Å²) in [5.74, 6) is 0. The number of hydrogen-bond donors (Lipinski definition) is 0. The third-order valence-corrected chi connectivity index (χ3v) is 8.24. The molecule has 0 radical (unpaired) electrons. The van der Waals surface area contributed by atoms with E-state index in [9.17, 15) is 13.7 Å². The summed E-state index contributed by atoms with van der Waals surface area (Å²) in [6, 6.07) is 22.8. The molecule has 1 saturated carbocycles. The molecule has 8 heteroatoms. The maximum Gasteiger partial charge on any atom is 0.175 e. The Morgan fingerprint density at radius 2 is 1.81 bits per heavy atom. The van der Waals surface area contributed by atoms with Crippen LogP contribution in [-0.2, 0) is 15.3 Å². The zero-order valence-electron chi connectivity index (χ0n) is 17.1. The molecule has 2 aromatic heterocycles. The monoisotopic (exact) mass is 479 g/mol. The van der Waals surface area contributed by atoms with E-state index in [0.717, 1.165) is 45.2 Å². The second-order valence-corrected chi connectivity index (χ2v) is 11.4. The fraction of sp³-hybridized carbons (Fsp3) is 0.167. The second-order valence-electron chi connectivity index (χ2n) is 7.94. The van der Waals surface area contributed by atoms with E-state index in [-0.39, 0.29) is 4.90 Å². The SMILES string of the molecule is CS(=O)(=O)c1cccc(-c2ccc(-c3cc(C4(C#N)CC4)nn3-c3ccccc3Cl)s2)c1. The van der Waals surface area contributed by atoms with Crippen LogP contribution in [0.2, 0.25) is 5.02 Å². The van der Waals surface area contributed by atoms with E-state index < -0.39 is 15.3 Å². The van der Waals surface area contributed by atoms with Gasteiger partial charge in [-0.3, -0.25) is 0 Å². The number of thiophene rings is 1. The molecule has 2 aromatic carbocycles. The normalized spacial score (nSPS) is 14.8. The van der Waals surface area contributed by atoms with Crippen molar-refractivity contribution in [2.75, 3.05) is 6.26 Å². The fourth-order valence-corrected chi connectivity index (χ4v) is 5.54. The number of halogens is 1. The van der Waals surface area contributed by atoms with Gasteiger partial charge in [-0.1, -0.05) is 35.9 Å². The highest BCUT2D eigenvalue weighted by molar-refractivity contribution is 7.90. The number of benzene rings is 2. The van der Waals surface area contributed by atoms with Crippen molar-refractivity contribution in [3.8, 4) is 32.8 Å². The van der Waals surface area contributed by atoms with Crippen LogP contribution >= 0.6 is 22.9 Å². The van der Waals surface area contributed by atoms with Gasteiger partial charge in [0.2, 0.25) is 0 Å². The van der Waals surface area contributed by atoms with Crippen LogP contribution < -0.4 is 0 Å². The summed E-state index contributed by atoms with van der Waals surface area (Å²) in [5.41, 5.74) is 2.67. The lowest BCUT2D eigenvalue weighted by Crippen LogP contribution is -2.05. The Balaban J connectivity index is 1.63. The van der Waals surface area contributed by atoms with Gasteiger partial charge in [0.05, 0.1) is 37.9 Å². The Kier molecular flexibility index (Phi) is 4.97. The maximum atomic E-state index is 12.0. The summed E-state index contributed by atoms with van der Waals surface area (Å²) in [6.07, 6.45) is 2.81. The zero-order valence-corrected chi connectivity index (χ0v) is 19.5. The first-order valence-electron chi connectivity index (χ1n) is 9.98. The molecule has 0 N–H and O–H groups in total. The molecule has 1 aliphatic rings. The Morgan fingerprint density at radius 1 is 1.06 bits per heavy atom. The average Bonchev–Trinajstić information content (AvgIpc) is 3.21. The standard InChI is InChI=1S/C24H18ClN3O2S2/c1-32(29,30)17-6-4-5-16(13-17)21-9-10-22(31-21)20-14-23(24(15-26)11-12-24)27-28(20)19-8-3-2-7-18(19)25/h2-10,13-14H,11-12H2,1H3. The number of sulfone groups is 1. The van der Waals surface area contributed by atoms with Crippen LogP contribution in [0.1, 0.15) is 18.5 Å². The molecular formula is C24H18ClN3O2S2. The van der Waals surface area contributed by atoms with E-state index in [4.69, 9.17) is 16.7 Å². The highest BCUT2D eigenvalue weighted by Crippen LogP contribution is 2.48. The Labute approximate surface area is 195 Å². The smallest absolute Gasteiger partial charge is 0.175 e. The molecule has 0 amide bonds. The van der Waals surface area contributed by atoms with Gasteiger partial charge < -0.3 is 0 Å². The number of aromatic nitrogens is 2. The van der Waals surface area contributed by atoms with Gasteiger partial charge in [-0.2, -0.15) is 10.4 Å². The topological polar surface area (TPSA) is 75.8 Å². The molecule has 0 atom stereocenters. The van der Waals surface area contributed by atoms with Gasteiger partial charge in [0.15, 0.2) is 9.84 Å². The lowest BCUT2D eigenvalue weighted by Gasteiger charge is -2.08. The highest BCUT2D eigenvalue weighted by atomic mass is 35.5. The molecule has 0 saturated heterocycles. The molecule has 0 spiro atoms. The Bertz CT molecular complexity index is 1490. The van der Waals surface area contributed by atoms with Gasteiger partial charge in [0.25, 0.3) is 0 Å². The first-order valence-corrected chi connectivity index (χ1v) is 13.1. The summed E-state index contributed by atoms with van der Waals surface area (Å²) >= 11 is 8.02. The second kappa shape index (κ2) is 7.59. The van der Waals surface area contributed by atoms with Crippen LogP contribution in [-0.4, -0.2) is 24.5 Å². The van der Waals surface area contributed by atoms with E-state index in [1.165, 1.54) is 6.26 Å². The largest absolute Gasteiger partial charge is 0.230 e. The quantitative estimate of drug-likeness (QED) is 0.358. The summed E-state index contributed by atoms with van der Waals surface area (Å²) < 4.78 is 25.7. The first-order chi connectivity index (χ1) is 15.3. The molecule has 5 rings (SSSR count). The van der Waals surface area contributed by atoms with Crippen LogP contribution in [0.25, 0.3) is 26.7 Å². The molecule has 1 fully saturated rings. The van der Waals surface area contributed by atoms with Crippen LogP contribution in [0.15, 0.2) is 71.6 Å². The van der Waals surface area contributed by atoms with Gasteiger partial charge in [-0.05, 0) is 60.9 Å². The van der Waals surface area contributed by atoms with Gasteiger partial charge in [-0.25, -0.2) is 13.1 Å². The molecule has 1 aliphatic carbocycles. The van der Waals surface area contributed by atoms with Gasteiger partial charge in [0, 0.05) is 11.1 Å². The molecule has 0 unspecified atom stereocenters. The first kappa shape index (κ1) is 21.0. The Morgan fingerprint density at radius 3 is 2.50 bits per heavy atom. The average molecular weight is 480 g/mol. The van der Waals surface area contributed by atoms with Crippen molar-refractivity contribution >= 4 is 32.8 Å². The van der Waals surface area contributed by atoms with Gasteiger partial charge >= 0.3 is 0 Å². The molecule has 5 nitrogen and oxygen atoms in total. The number of rotatable bonds is 5. The fourth-order valence-electron chi connectivity index (χ4n) is 3.66. The summed E-state index contributed by atoms with van der Waals surface area (Å²) in [7, 11) is -3.29. The lowest BCUT2D eigenvalue weighted by molar-refractivity contribution is 0.602. The van der Waals surface area contributed by atoms with E-state index in [2.05, 4.69) is 6.07 Å². The summed E-state index contributed by atoms with van der Waals surface area (Å²) in [5, 5.41) is 15.0. The number of hydrogen-bond acceptors (Lipinski definition) is 5. The van der Waals surface area contributed by atoms with E-state index in [1.807, 2.05) is 48.5 Å². The number of nitriles is 1. The minimum atomic E-state index is -3.29. The predicted molar refractivity (Wildman–Crippen MR) is 127 cm³/mol. The molecule has 0 bridgehead atoms. The van der Waals surface area contributed by atoms with Crippen molar-refractivity contribution in [2.45, 2.75) is 23.2 Å². The van der Waals surface area contributed by atoms with E-state index in [1.54, 1.807) is 34.2 Å². The minimum absolute atomic E-state index is 0.290. The van der Waals surface area contributed by atoms with Crippen molar-refractivity contribution in [2.24, 2.45) is 0 Å². The molecule has 0 aliphatic heterocycles. The van der Waals surface area contributed by atoms with E-state index >= 15 is 0 Å². The van der Waals surface area contributed by atoms with Crippen molar-refractivity contribution in [3.63, 3.8) is 0 Å². The molecule has 2 heterocycles. The number of para-hydroxylation sites is 1. The molecular weight excluding hydrogens is 462 g/mol. The van der Waals surface area contributed by atoms with Gasteiger partial charge in [0.1, 0.15) is 5.41 Å². The van der Waals surface area contributed by atoms with Crippen LogP contribution in [0.3, 0.4) is 0 Å². The molecule has 32 heavy (non-hydrogen) atoms. The number of nitrogens with zero attached hydrogens (tertiary/aromatic N) is 3. The van der Waals surface area contributed by atoms with Crippen LogP contribution in [0.4, 0.5) is 0 Å². The third kappa shape index (κ3) is 3.65. The van der Waals surface area contributed by atoms with E-state index in [0.29, 0.717) is 5.02 Å². The van der Waals surface area contributed by atoms with Crippen LogP contribution in [0.5, 0.6) is 0 Å². The third-order valence-electron chi connectivity index (χ3n) is 5.65. The lowest BCUT2D eigenvalue weighted by atomic mass is 10.0. The predicted octanol–water partition coefficient (Wildman–Crippen LogP) is 5.88. The molecule has 4 aromatic rings. The maximum absolute atomic E-state index is 12.0. The van der Waals surface area contributed by atoms with Gasteiger partial charge in [-0.15, -0.1) is 11.3 Å². The van der Waals surface area contributed by atoms with Crippen LogP contribution in [0, 0.1) is 11.3 Å². The van der Waals surface area contributed by atoms with Crippen molar-refractivity contribution in [1.82, 2.24) is 9.78 Å². The summed E-state index contributed by atoms with van der Waals surface area (Å²) in [6.45, 7) is 0. The molecule has 160 valence electrons. The van der Waals surface area contributed by atoms with Crippen molar-refractivity contribution in [1.29, 1.82) is 5.26 Å². The van der Waals surface area contributed by atoms with Crippen molar-refractivity contribution in [3.05, 3.63) is 77.4 Å². The minimum Gasteiger partial charge on any atom is -0.230 e. The summed E-state index contributed by atoms with van der Waals surface area (Å²) in [4.78, 5) is 2.19. The zero-order chi connectivity index (χ0) is 22.5. The van der Waals surface area contributed by atoms with Crippen molar-refractivity contribution < 1.29 is 8.42 Å². The Hall–Kier alpha value is -2.92. The highest BCUT2D eigenvalue weighted by Gasteiger charge is 2.47.